The summed E-state index contributed by atoms with van der Waals surface area (Å²) in [7, 11) is 0. The minimum atomic E-state index is -1.82. The topological polar surface area (TPSA) is 134 Å². The van der Waals surface area contributed by atoms with Gasteiger partial charge in [-0.25, -0.2) is 14.4 Å². The van der Waals surface area contributed by atoms with Crippen LogP contribution in [0.3, 0.4) is 0 Å². The van der Waals surface area contributed by atoms with E-state index in [0.717, 1.165) is 24.0 Å². The second kappa shape index (κ2) is 9.72. The third kappa shape index (κ3) is 5.84. The minimum absolute atomic E-state index is 0.277. The highest BCUT2D eigenvalue weighted by atomic mass is 16.4. The van der Waals surface area contributed by atoms with E-state index in [4.69, 9.17) is 19.8 Å². The molecule has 2 heterocycles. The molecule has 0 fully saturated rings. The molecule has 4 N–H and O–H groups in total. The quantitative estimate of drug-likeness (QED) is 0.510. The van der Waals surface area contributed by atoms with Crippen LogP contribution in [-0.2, 0) is 16.1 Å². The van der Waals surface area contributed by atoms with Gasteiger partial charge in [-0.3, -0.25) is 4.98 Å². The summed E-state index contributed by atoms with van der Waals surface area (Å²) in [4.78, 5) is 34.1. The maximum Gasteiger partial charge on any atom is 0.414 e. The number of carboxylic acids is 2. The zero-order valence-corrected chi connectivity index (χ0v) is 15.1. The van der Waals surface area contributed by atoms with E-state index >= 15 is 0 Å². The number of urea groups is 1. The monoisotopic (exact) mass is 384 g/mol. The Morgan fingerprint density at radius 2 is 1.75 bits per heavy atom. The van der Waals surface area contributed by atoms with E-state index in [0.29, 0.717) is 5.69 Å². The van der Waals surface area contributed by atoms with Crippen molar-refractivity contribution >= 4 is 40.2 Å². The molecule has 3 rings (SSSR count). The Labute approximate surface area is 160 Å². The van der Waals surface area contributed by atoms with Crippen LogP contribution in [0.1, 0.15) is 13.3 Å². The molecule has 9 nitrogen and oxygen atoms in total. The average molecular weight is 384 g/mol. The summed E-state index contributed by atoms with van der Waals surface area (Å²) in [6.45, 7) is 3.16. The fourth-order valence-electron chi connectivity index (χ4n) is 2.44. The first kappa shape index (κ1) is 20.4. The lowest BCUT2D eigenvalue weighted by atomic mass is 10.2. The molecule has 2 aromatic heterocycles. The Morgan fingerprint density at radius 3 is 2.36 bits per heavy atom. The lowest BCUT2D eigenvalue weighted by molar-refractivity contribution is -0.159. The summed E-state index contributed by atoms with van der Waals surface area (Å²) in [6, 6.07) is 11.3. The molecule has 0 unspecified atom stereocenters. The average Bonchev–Trinajstić information content (AvgIpc) is 3.05. The SMILES string of the molecule is CCCn1ccc2cc(NC(=O)Nc3cccnc3)ccc21.O=C(O)C(=O)O. The molecule has 0 bridgehead atoms. The smallest absolute Gasteiger partial charge is 0.414 e. The van der Waals surface area contributed by atoms with Crippen molar-refractivity contribution in [3.05, 3.63) is 55.0 Å². The number of hydrogen-bond donors (Lipinski definition) is 4. The molecular formula is C19H20N4O5. The molecule has 0 saturated carbocycles. The predicted octanol–water partition coefficient (Wildman–Crippen LogP) is 3.25. The van der Waals surface area contributed by atoms with Crippen molar-refractivity contribution in [3.8, 4) is 0 Å². The molecule has 0 atom stereocenters. The van der Waals surface area contributed by atoms with Crippen molar-refractivity contribution in [1.82, 2.24) is 9.55 Å². The van der Waals surface area contributed by atoms with E-state index in [1.54, 1.807) is 24.5 Å². The maximum atomic E-state index is 12.0. The molecule has 0 aliphatic rings. The predicted molar refractivity (Wildman–Crippen MR) is 104 cm³/mol. The van der Waals surface area contributed by atoms with Gasteiger partial charge in [-0.15, -0.1) is 0 Å². The van der Waals surface area contributed by atoms with Gasteiger partial charge in [0.2, 0.25) is 0 Å². The van der Waals surface area contributed by atoms with E-state index < -0.39 is 11.9 Å². The lowest BCUT2D eigenvalue weighted by Crippen LogP contribution is -2.19. The van der Waals surface area contributed by atoms with Crippen LogP contribution in [0.4, 0.5) is 16.2 Å². The maximum absolute atomic E-state index is 12.0. The van der Waals surface area contributed by atoms with Gasteiger partial charge in [0.15, 0.2) is 0 Å². The van der Waals surface area contributed by atoms with Gasteiger partial charge in [0.05, 0.1) is 11.9 Å². The summed E-state index contributed by atoms with van der Waals surface area (Å²) in [5.41, 5.74) is 2.61. The van der Waals surface area contributed by atoms with Crippen LogP contribution in [0.25, 0.3) is 10.9 Å². The number of carbonyl (C=O) groups is 3. The zero-order valence-electron chi connectivity index (χ0n) is 15.1. The molecule has 0 spiro atoms. The number of aliphatic carboxylic acids is 2. The van der Waals surface area contributed by atoms with Gasteiger partial charge in [-0.1, -0.05) is 6.92 Å². The van der Waals surface area contributed by atoms with Crippen molar-refractivity contribution in [2.75, 3.05) is 10.6 Å². The van der Waals surface area contributed by atoms with Crippen molar-refractivity contribution in [1.29, 1.82) is 0 Å². The first-order chi connectivity index (χ1) is 13.4. The van der Waals surface area contributed by atoms with Crippen molar-refractivity contribution in [2.24, 2.45) is 0 Å². The highest BCUT2D eigenvalue weighted by Gasteiger charge is 2.06. The minimum Gasteiger partial charge on any atom is -0.473 e. The van der Waals surface area contributed by atoms with E-state index in [9.17, 15) is 4.79 Å². The number of rotatable bonds is 4. The van der Waals surface area contributed by atoms with Crippen molar-refractivity contribution in [2.45, 2.75) is 19.9 Å². The van der Waals surface area contributed by atoms with Crippen LogP contribution in [0.2, 0.25) is 0 Å². The van der Waals surface area contributed by atoms with Crippen LogP contribution in [0.5, 0.6) is 0 Å². The molecule has 9 heteroatoms. The number of nitrogens with zero attached hydrogens (tertiary/aromatic N) is 2. The van der Waals surface area contributed by atoms with Gasteiger partial charge in [0, 0.05) is 35.5 Å². The van der Waals surface area contributed by atoms with Crippen molar-refractivity contribution < 1.29 is 24.6 Å². The summed E-state index contributed by atoms with van der Waals surface area (Å²) < 4.78 is 2.22. The van der Waals surface area contributed by atoms with Gasteiger partial charge in [0.1, 0.15) is 0 Å². The normalized spacial score (nSPS) is 9.89. The van der Waals surface area contributed by atoms with E-state index in [1.807, 2.05) is 18.2 Å². The van der Waals surface area contributed by atoms with Crippen molar-refractivity contribution in [3.63, 3.8) is 0 Å². The van der Waals surface area contributed by atoms with Gasteiger partial charge >= 0.3 is 18.0 Å². The van der Waals surface area contributed by atoms with Gasteiger partial charge in [0.25, 0.3) is 0 Å². The fraction of sp³-hybridized carbons (Fsp3) is 0.158. The van der Waals surface area contributed by atoms with Gasteiger partial charge < -0.3 is 25.4 Å². The summed E-state index contributed by atoms with van der Waals surface area (Å²) >= 11 is 0. The first-order valence-electron chi connectivity index (χ1n) is 8.44. The summed E-state index contributed by atoms with van der Waals surface area (Å²) in [5, 5.41) is 21.5. The largest absolute Gasteiger partial charge is 0.473 e. The van der Waals surface area contributed by atoms with Crippen LogP contribution in [0.15, 0.2) is 55.0 Å². The van der Waals surface area contributed by atoms with Crippen LogP contribution < -0.4 is 10.6 Å². The Balaban J connectivity index is 0.000000409. The Kier molecular flexibility index (Phi) is 7.09. The third-order valence-electron chi connectivity index (χ3n) is 3.60. The van der Waals surface area contributed by atoms with Gasteiger partial charge in [-0.05, 0) is 42.8 Å². The number of hydrogen-bond acceptors (Lipinski definition) is 4. The molecule has 1 aromatic carbocycles. The number of pyridine rings is 1. The van der Waals surface area contributed by atoms with Crippen LogP contribution >= 0.6 is 0 Å². The lowest BCUT2D eigenvalue weighted by Gasteiger charge is -2.08. The Morgan fingerprint density at radius 1 is 1.04 bits per heavy atom. The highest BCUT2D eigenvalue weighted by molar-refractivity contribution is 6.27. The zero-order chi connectivity index (χ0) is 20.5. The molecule has 28 heavy (non-hydrogen) atoms. The number of aromatic nitrogens is 2. The van der Waals surface area contributed by atoms with Crippen LogP contribution in [0, 0.1) is 0 Å². The molecule has 0 radical (unpaired) electrons. The molecule has 3 aromatic rings. The Hall–Kier alpha value is -3.88. The van der Waals surface area contributed by atoms with E-state index in [1.165, 1.54) is 5.52 Å². The number of benzene rings is 1. The Bertz CT molecular complexity index is 957. The van der Waals surface area contributed by atoms with Gasteiger partial charge in [-0.2, -0.15) is 0 Å². The second-order valence-electron chi connectivity index (χ2n) is 5.71. The number of fused-ring (bicyclic) bond motifs is 1. The molecular weight excluding hydrogens is 364 g/mol. The molecule has 146 valence electrons. The second-order valence-corrected chi connectivity index (χ2v) is 5.71. The summed E-state index contributed by atoms with van der Waals surface area (Å²) in [6.07, 6.45) is 6.44. The number of anilines is 2. The molecule has 2 amide bonds. The standard InChI is InChI=1S/C17H18N4O.C2H2O4/c1-2-9-21-10-7-13-11-14(5-6-16(13)21)19-17(22)20-15-4-3-8-18-12-15;3-1(4)2(5)6/h3-8,10-12H,2,9H2,1H3,(H2,19,20,22);(H,3,4)(H,5,6). The highest BCUT2D eigenvalue weighted by Crippen LogP contribution is 2.21. The molecule has 0 aliphatic heterocycles. The number of carbonyl (C=O) groups excluding carboxylic acids is 1. The summed E-state index contributed by atoms with van der Waals surface area (Å²) in [5.74, 6) is -3.65. The van der Waals surface area contributed by atoms with Crippen LogP contribution in [-0.4, -0.2) is 37.7 Å². The number of carboxylic acid groups (broad SMARTS) is 2. The number of aryl methyl sites for hydroxylation is 1. The fourth-order valence-corrected chi connectivity index (χ4v) is 2.44. The number of nitrogens with one attached hydrogen (secondary N) is 2. The first-order valence-corrected chi connectivity index (χ1v) is 8.44. The number of amides is 2. The van der Waals surface area contributed by atoms with E-state index in [-0.39, 0.29) is 6.03 Å². The van der Waals surface area contributed by atoms with E-state index in [2.05, 4.69) is 39.4 Å². The third-order valence-corrected chi connectivity index (χ3v) is 3.60. The molecule has 0 aliphatic carbocycles. The molecule has 0 saturated heterocycles.